The zero-order chi connectivity index (χ0) is 66.5. The molecule has 0 radical (unpaired) electrons. The molecule has 0 amide bonds. The second-order valence-electron chi connectivity index (χ2n) is 26.3. The highest BCUT2D eigenvalue weighted by molar-refractivity contribution is 7.47. The number of phosphoric acid groups is 2. The minimum absolute atomic E-state index is 0.106. The average Bonchev–Trinajstić information content (AvgIpc) is 3.13. The fourth-order valence-electron chi connectivity index (χ4n) is 10.7. The van der Waals surface area contributed by atoms with Gasteiger partial charge in [0, 0.05) is 25.7 Å². The van der Waals surface area contributed by atoms with Crippen LogP contribution >= 0.6 is 15.6 Å². The van der Waals surface area contributed by atoms with Gasteiger partial charge in [0.15, 0.2) is 12.2 Å². The Labute approximate surface area is 549 Å². The number of phosphoric ester groups is 2. The van der Waals surface area contributed by atoms with Crippen LogP contribution in [0.25, 0.3) is 0 Å². The largest absolute Gasteiger partial charge is 0.472 e. The van der Waals surface area contributed by atoms with Gasteiger partial charge in [0.2, 0.25) is 0 Å². The van der Waals surface area contributed by atoms with Crippen molar-refractivity contribution in [2.75, 3.05) is 39.6 Å². The van der Waals surface area contributed by atoms with Gasteiger partial charge in [0.1, 0.15) is 19.3 Å². The fraction of sp³-hybridized carbons (Fsp3) is 0.944. The van der Waals surface area contributed by atoms with Crippen molar-refractivity contribution in [3.05, 3.63) is 0 Å². The molecule has 17 nitrogen and oxygen atoms in total. The SMILES string of the molecule is CCCCCCCCCCCCC(=O)OC[C@H](COP(=O)(O)OC[C@H](O)COP(=O)(O)OC[C@@H](COC(=O)CCCCCCCCCCC(C)CC)OC(=O)CCCCCCCCCCCCCCCCCC(C)C)OC(=O)CCCCCCCCCCCC. The first-order chi connectivity index (χ1) is 43.4. The molecule has 0 rings (SSSR count). The summed E-state index contributed by atoms with van der Waals surface area (Å²) in [5.74, 6) is -0.543. The molecule has 534 valence electrons. The van der Waals surface area contributed by atoms with Crippen molar-refractivity contribution in [1.82, 2.24) is 0 Å². The van der Waals surface area contributed by atoms with Crippen molar-refractivity contribution in [1.29, 1.82) is 0 Å². The lowest BCUT2D eigenvalue weighted by molar-refractivity contribution is -0.161. The molecule has 3 N–H and O–H groups in total. The van der Waals surface area contributed by atoms with E-state index in [0.29, 0.717) is 25.7 Å². The molecule has 0 spiro atoms. The number of aliphatic hydroxyl groups is 1. The average molecular weight is 1330 g/mol. The van der Waals surface area contributed by atoms with Crippen molar-refractivity contribution in [3.63, 3.8) is 0 Å². The molecule has 6 atom stereocenters. The minimum atomic E-state index is -4.95. The number of rotatable bonds is 70. The molecule has 90 heavy (non-hydrogen) atoms. The molecule has 0 aromatic carbocycles. The predicted octanol–water partition coefficient (Wildman–Crippen LogP) is 20.4. The lowest BCUT2D eigenvalue weighted by Crippen LogP contribution is -2.30. The van der Waals surface area contributed by atoms with Gasteiger partial charge in [0.25, 0.3) is 0 Å². The topological polar surface area (TPSA) is 237 Å². The predicted molar refractivity (Wildman–Crippen MR) is 363 cm³/mol. The van der Waals surface area contributed by atoms with Crippen LogP contribution < -0.4 is 0 Å². The first-order valence-electron chi connectivity index (χ1n) is 37.0. The van der Waals surface area contributed by atoms with Crippen LogP contribution in [0.3, 0.4) is 0 Å². The van der Waals surface area contributed by atoms with Crippen molar-refractivity contribution in [2.24, 2.45) is 11.8 Å². The van der Waals surface area contributed by atoms with Crippen LogP contribution in [-0.4, -0.2) is 96.7 Å². The maximum Gasteiger partial charge on any atom is 0.472 e. The molecule has 0 aliphatic rings. The number of hydrogen-bond donors (Lipinski definition) is 3. The Balaban J connectivity index is 5.22. The number of aliphatic hydroxyl groups excluding tert-OH is 1. The van der Waals surface area contributed by atoms with Gasteiger partial charge in [-0.1, -0.05) is 311 Å². The lowest BCUT2D eigenvalue weighted by Gasteiger charge is -2.21. The van der Waals surface area contributed by atoms with E-state index >= 15 is 0 Å². The Kier molecular flexibility index (Phi) is 61.8. The fourth-order valence-corrected chi connectivity index (χ4v) is 12.3. The molecule has 19 heteroatoms. The Morgan fingerprint density at radius 2 is 0.567 bits per heavy atom. The highest BCUT2D eigenvalue weighted by Gasteiger charge is 2.30. The van der Waals surface area contributed by atoms with E-state index in [9.17, 15) is 43.2 Å². The van der Waals surface area contributed by atoms with E-state index in [1.807, 2.05) is 0 Å². The van der Waals surface area contributed by atoms with Crippen LogP contribution in [0.5, 0.6) is 0 Å². The van der Waals surface area contributed by atoms with E-state index in [0.717, 1.165) is 102 Å². The molecule has 0 aliphatic carbocycles. The molecule has 0 aliphatic heterocycles. The second-order valence-corrected chi connectivity index (χ2v) is 29.3. The monoisotopic (exact) mass is 1320 g/mol. The van der Waals surface area contributed by atoms with E-state index in [-0.39, 0.29) is 25.7 Å². The summed E-state index contributed by atoms with van der Waals surface area (Å²) >= 11 is 0. The first kappa shape index (κ1) is 88.1. The molecule has 0 fully saturated rings. The van der Waals surface area contributed by atoms with Gasteiger partial charge < -0.3 is 33.8 Å². The van der Waals surface area contributed by atoms with Gasteiger partial charge in [-0.3, -0.25) is 37.3 Å². The van der Waals surface area contributed by atoms with Gasteiger partial charge in [-0.2, -0.15) is 0 Å². The van der Waals surface area contributed by atoms with Gasteiger partial charge in [-0.05, 0) is 37.5 Å². The van der Waals surface area contributed by atoms with Crippen molar-refractivity contribution < 1.29 is 80.2 Å². The van der Waals surface area contributed by atoms with Crippen LogP contribution in [0.4, 0.5) is 0 Å². The normalized spacial score (nSPS) is 14.4. The van der Waals surface area contributed by atoms with E-state index in [1.54, 1.807) is 0 Å². The molecule has 0 aromatic heterocycles. The smallest absolute Gasteiger partial charge is 0.462 e. The second kappa shape index (κ2) is 63.1. The molecule has 0 saturated carbocycles. The molecule has 0 aromatic rings. The zero-order valence-electron chi connectivity index (χ0n) is 58.4. The summed E-state index contributed by atoms with van der Waals surface area (Å²) in [4.78, 5) is 72.5. The zero-order valence-corrected chi connectivity index (χ0v) is 60.2. The third-order valence-corrected chi connectivity index (χ3v) is 18.7. The molecular weight excluding hydrogens is 1190 g/mol. The van der Waals surface area contributed by atoms with Crippen LogP contribution in [0.1, 0.15) is 363 Å². The highest BCUT2D eigenvalue weighted by atomic mass is 31.2. The Hall–Kier alpha value is -1.94. The Morgan fingerprint density at radius 3 is 0.844 bits per heavy atom. The summed E-state index contributed by atoms with van der Waals surface area (Å²) in [5, 5.41) is 10.6. The Bertz CT molecular complexity index is 1750. The first-order valence-corrected chi connectivity index (χ1v) is 40.0. The number of ether oxygens (including phenoxy) is 4. The number of hydrogen-bond acceptors (Lipinski definition) is 15. The highest BCUT2D eigenvalue weighted by Crippen LogP contribution is 2.45. The molecule has 3 unspecified atom stereocenters. The van der Waals surface area contributed by atoms with E-state index in [4.69, 9.17) is 37.0 Å². The summed E-state index contributed by atoms with van der Waals surface area (Å²) in [7, 11) is -9.90. The summed E-state index contributed by atoms with van der Waals surface area (Å²) in [5.41, 5.74) is 0. The van der Waals surface area contributed by atoms with E-state index < -0.39 is 97.5 Å². The maximum absolute atomic E-state index is 13.0. The van der Waals surface area contributed by atoms with Crippen molar-refractivity contribution in [2.45, 2.75) is 381 Å². The van der Waals surface area contributed by atoms with Crippen LogP contribution in [0.15, 0.2) is 0 Å². The summed E-state index contributed by atoms with van der Waals surface area (Å²) in [6.45, 7) is 9.57. The summed E-state index contributed by atoms with van der Waals surface area (Å²) in [6, 6.07) is 0. The molecule has 0 heterocycles. The van der Waals surface area contributed by atoms with E-state index in [1.165, 1.54) is 180 Å². The number of unbranched alkanes of at least 4 members (excludes halogenated alkanes) is 39. The van der Waals surface area contributed by atoms with E-state index in [2.05, 4.69) is 41.5 Å². The van der Waals surface area contributed by atoms with Crippen molar-refractivity contribution in [3.8, 4) is 0 Å². The number of esters is 4. The van der Waals surface area contributed by atoms with Gasteiger partial charge >= 0.3 is 39.5 Å². The summed E-state index contributed by atoms with van der Waals surface area (Å²) in [6.07, 6.45) is 48.4. The van der Waals surface area contributed by atoms with Gasteiger partial charge in [0.05, 0.1) is 26.4 Å². The molecule has 0 saturated heterocycles. The van der Waals surface area contributed by atoms with Crippen LogP contribution in [0, 0.1) is 11.8 Å². The van der Waals surface area contributed by atoms with Gasteiger partial charge in [-0.25, -0.2) is 9.13 Å². The third-order valence-electron chi connectivity index (χ3n) is 16.8. The third kappa shape index (κ3) is 63.5. The lowest BCUT2D eigenvalue weighted by atomic mass is 9.99. The molecule has 0 bridgehead atoms. The standard InChI is InChI=1S/C71H138O17P2/c1-7-10-12-14-16-18-28-35-41-47-53-68(73)81-59-66(87-70(75)55-49-43-37-29-19-17-15-13-11-8-2)61-85-89(77,78)83-57-65(72)58-84-90(79,80)86-62-67(60-82-69(74)54-48-42-36-32-31-34-40-46-52-64(6)9-3)88-71(76)56-50-44-38-30-26-24-22-20-21-23-25-27-33-39-45-51-63(4)5/h63-67,72H,7-62H2,1-6H3,(H,77,78)(H,79,80)/t64?,65-,66+,67+/m0/s1. The van der Waals surface area contributed by atoms with Crippen LogP contribution in [0.2, 0.25) is 0 Å². The Morgan fingerprint density at radius 1 is 0.322 bits per heavy atom. The maximum atomic E-state index is 13.0. The summed E-state index contributed by atoms with van der Waals surface area (Å²) < 4.78 is 68.3. The molecular formula is C71H138O17P2. The minimum Gasteiger partial charge on any atom is -0.462 e. The van der Waals surface area contributed by atoms with Gasteiger partial charge in [-0.15, -0.1) is 0 Å². The van der Waals surface area contributed by atoms with Crippen molar-refractivity contribution >= 4 is 39.5 Å². The quantitative estimate of drug-likeness (QED) is 0.0222. The number of carbonyl (C=O) groups excluding carboxylic acids is 4. The number of carbonyl (C=O) groups is 4. The van der Waals surface area contributed by atoms with Crippen LogP contribution in [-0.2, 0) is 65.4 Å².